The summed E-state index contributed by atoms with van der Waals surface area (Å²) in [6.45, 7) is 4.15. The molecule has 2 N–H and O–H groups in total. The first-order valence-electron chi connectivity index (χ1n) is 6.10. The van der Waals surface area contributed by atoms with Gasteiger partial charge in [0.2, 0.25) is 5.91 Å². The third-order valence-corrected chi connectivity index (χ3v) is 3.47. The molecule has 0 atom stereocenters. The molecule has 0 heterocycles. The molecule has 0 saturated heterocycles. The summed E-state index contributed by atoms with van der Waals surface area (Å²) in [6, 6.07) is 7.84. The number of nitrogens with one attached hydrogen (secondary N) is 1. The minimum absolute atomic E-state index is 0.0481. The number of benzene rings is 1. The van der Waals surface area contributed by atoms with Crippen LogP contribution in [0.1, 0.15) is 38.2 Å². The van der Waals surface area contributed by atoms with Crippen LogP contribution in [0, 0.1) is 5.41 Å². The first kappa shape index (κ1) is 12.1. The molecular weight excluding hydrogens is 214 g/mol. The average molecular weight is 233 g/mol. The van der Waals surface area contributed by atoms with E-state index in [1.807, 2.05) is 24.3 Å². The van der Waals surface area contributed by atoms with Crippen molar-refractivity contribution >= 4 is 11.6 Å². The van der Waals surface area contributed by atoms with E-state index in [4.69, 9.17) is 0 Å². The molecular formula is C14H19NO2. The van der Waals surface area contributed by atoms with E-state index < -0.39 is 5.41 Å². The fraction of sp³-hybridized carbons (Fsp3) is 0.500. The maximum Gasteiger partial charge on any atom is 0.232 e. The highest BCUT2D eigenvalue weighted by Gasteiger charge is 2.49. The van der Waals surface area contributed by atoms with E-state index in [0.29, 0.717) is 5.92 Å². The molecule has 1 saturated carbocycles. The van der Waals surface area contributed by atoms with Crippen molar-refractivity contribution in [1.82, 2.24) is 0 Å². The Bertz CT molecular complexity index is 422. The Morgan fingerprint density at radius 3 is 2.59 bits per heavy atom. The zero-order valence-corrected chi connectivity index (χ0v) is 10.4. The van der Waals surface area contributed by atoms with E-state index in [2.05, 4.69) is 19.2 Å². The number of aliphatic hydroxyl groups excluding tert-OH is 1. The fourth-order valence-electron chi connectivity index (χ4n) is 1.98. The highest BCUT2D eigenvalue weighted by molar-refractivity contribution is 5.97. The van der Waals surface area contributed by atoms with Gasteiger partial charge >= 0.3 is 0 Å². The Labute approximate surface area is 102 Å². The van der Waals surface area contributed by atoms with Crippen molar-refractivity contribution in [2.75, 3.05) is 11.9 Å². The molecule has 1 amide bonds. The minimum atomic E-state index is -0.510. The highest BCUT2D eigenvalue weighted by atomic mass is 16.3. The zero-order valence-electron chi connectivity index (χ0n) is 10.4. The lowest BCUT2D eigenvalue weighted by Gasteiger charge is -2.16. The quantitative estimate of drug-likeness (QED) is 0.839. The molecule has 0 unspecified atom stereocenters. The monoisotopic (exact) mass is 233 g/mol. The molecule has 3 nitrogen and oxygen atoms in total. The summed E-state index contributed by atoms with van der Waals surface area (Å²) in [6.07, 6.45) is 1.58. The third kappa shape index (κ3) is 2.34. The number of carbonyl (C=O) groups is 1. The number of hydrogen-bond acceptors (Lipinski definition) is 2. The van der Waals surface area contributed by atoms with Crippen LogP contribution in [0.5, 0.6) is 0 Å². The number of anilines is 1. The van der Waals surface area contributed by atoms with Crippen LogP contribution in [0.2, 0.25) is 0 Å². The smallest absolute Gasteiger partial charge is 0.232 e. The van der Waals surface area contributed by atoms with Crippen LogP contribution in [0.25, 0.3) is 0 Å². The van der Waals surface area contributed by atoms with Crippen molar-refractivity contribution in [1.29, 1.82) is 0 Å². The maximum absolute atomic E-state index is 12.0. The predicted molar refractivity (Wildman–Crippen MR) is 67.9 cm³/mol. The molecule has 3 heteroatoms. The van der Waals surface area contributed by atoms with Gasteiger partial charge in [-0.15, -0.1) is 0 Å². The molecule has 0 aliphatic heterocycles. The molecule has 17 heavy (non-hydrogen) atoms. The molecule has 1 fully saturated rings. The van der Waals surface area contributed by atoms with E-state index >= 15 is 0 Å². The third-order valence-electron chi connectivity index (χ3n) is 3.47. The summed E-state index contributed by atoms with van der Waals surface area (Å²) >= 11 is 0. The van der Waals surface area contributed by atoms with Crippen molar-refractivity contribution in [3.05, 3.63) is 29.8 Å². The maximum atomic E-state index is 12.0. The van der Waals surface area contributed by atoms with Gasteiger partial charge in [-0.3, -0.25) is 4.79 Å². The summed E-state index contributed by atoms with van der Waals surface area (Å²) in [5.41, 5.74) is 1.49. The van der Waals surface area contributed by atoms with E-state index in [0.717, 1.165) is 24.1 Å². The minimum Gasteiger partial charge on any atom is -0.395 e. The first-order chi connectivity index (χ1) is 8.09. The van der Waals surface area contributed by atoms with E-state index in [1.165, 1.54) is 0 Å². The SMILES string of the molecule is CC(C)c1ccccc1NC(=O)C1(CO)CC1. The molecule has 0 radical (unpaired) electrons. The van der Waals surface area contributed by atoms with Crippen LogP contribution in [0.4, 0.5) is 5.69 Å². The lowest BCUT2D eigenvalue weighted by atomic mass is 10.0. The second-order valence-electron chi connectivity index (χ2n) is 5.13. The van der Waals surface area contributed by atoms with E-state index in [9.17, 15) is 9.90 Å². The van der Waals surface area contributed by atoms with Crippen molar-refractivity contribution < 1.29 is 9.90 Å². The second kappa shape index (κ2) is 4.49. The van der Waals surface area contributed by atoms with Crippen molar-refractivity contribution in [3.8, 4) is 0 Å². The average Bonchev–Trinajstić information content (AvgIpc) is 3.10. The van der Waals surface area contributed by atoms with Gasteiger partial charge in [0.1, 0.15) is 0 Å². The van der Waals surface area contributed by atoms with E-state index in [1.54, 1.807) is 0 Å². The topological polar surface area (TPSA) is 49.3 Å². The van der Waals surface area contributed by atoms with Crippen LogP contribution >= 0.6 is 0 Å². The van der Waals surface area contributed by atoms with Crippen LogP contribution in [-0.2, 0) is 4.79 Å². The molecule has 1 aliphatic carbocycles. The molecule has 1 aromatic carbocycles. The Morgan fingerprint density at radius 2 is 2.06 bits per heavy atom. The van der Waals surface area contributed by atoms with Crippen LogP contribution < -0.4 is 5.32 Å². The Hall–Kier alpha value is -1.35. The van der Waals surface area contributed by atoms with Gasteiger partial charge in [-0.2, -0.15) is 0 Å². The lowest BCUT2D eigenvalue weighted by molar-refractivity contribution is -0.122. The van der Waals surface area contributed by atoms with Gasteiger partial charge in [-0.25, -0.2) is 0 Å². The molecule has 1 aromatic rings. The Balaban J connectivity index is 2.16. The Morgan fingerprint density at radius 1 is 1.41 bits per heavy atom. The molecule has 92 valence electrons. The zero-order chi connectivity index (χ0) is 12.5. The van der Waals surface area contributed by atoms with Crippen LogP contribution in [0.3, 0.4) is 0 Å². The number of para-hydroxylation sites is 1. The summed E-state index contributed by atoms with van der Waals surface area (Å²) in [4.78, 5) is 12.0. The van der Waals surface area contributed by atoms with E-state index in [-0.39, 0.29) is 12.5 Å². The largest absolute Gasteiger partial charge is 0.395 e. The number of rotatable bonds is 4. The van der Waals surface area contributed by atoms with Gasteiger partial charge in [0.15, 0.2) is 0 Å². The summed E-state index contributed by atoms with van der Waals surface area (Å²) in [5, 5.41) is 12.2. The van der Waals surface area contributed by atoms with Gasteiger partial charge in [-0.05, 0) is 30.4 Å². The molecule has 0 bridgehead atoms. The normalized spacial score (nSPS) is 16.9. The first-order valence-corrected chi connectivity index (χ1v) is 6.10. The molecule has 0 spiro atoms. The second-order valence-corrected chi connectivity index (χ2v) is 5.13. The molecule has 0 aromatic heterocycles. The summed E-state index contributed by atoms with van der Waals surface area (Å²) in [7, 11) is 0. The van der Waals surface area contributed by atoms with Gasteiger partial charge in [0, 0.05) is 5.69 Å². The van der Waals surface area contributed by atoms with Gasteiger partial charge in [0.25, 0.3) is 0 Å². The lowest BCUT2D eigenvalue weighted by Crippen LogP contribution is -2.27. The molecule has 1 aliphatic rings. The highest BCUT2D eigenvalue weighted by Crippen LogP contribution is 2.46. The van der Waals surface area contributed by atoms with Crippen molar-refractivity contribution in [3.63, 3.8) is 0 Å². The predicted octanol–water partition coefficient (Wildman–Crippen LogP) is 2.52. The standard InChI is InChI=1S/C14H19NO2/c1-10(2)11-5-3-4-6-12(11)15-13(17)14(9-16)7-8-14/h3-6,10,16H,7-9H2,1-2H3,(H,15,17). The van der Waals surface area contributed by atoms with Crippen LogP contribution in [-0.4, -0.2) is 17.6 Å². The van der Waals surface area contributed by atoms with Crippen LogP contribution in [0.15, 0.2) is 24.3 Å². The van der Waals surface area contributed by atoms with Gasteiger partial charge < -0.3 is 10.4 Å². The van der Waals surface area contributed by atoms with Gasteiger partial charge in [-0.1, -0.05) is 32.0 Å². The Kier molecular flexibility index (Phi) is 3.20. The van der Waals surface area contributed by atoms with Crippen molar-refractivity contribution in [2.45, 2.75) is 32.6 Å². The van der Waals surface area contributed by atoms with Gasteiger partial charge in [0.05, 0.1) is 12.0 Å². The number of amides is 1. The molecule has 2 rings (SSSR count). The number of hydrogen-bond donors (Lipinski definition) is 2. The van der Waals surface area contributed by atoms with Crippen molar-refractivity contribution in [2.24, 2.45) is 5.41 Å². The number of carbonyl (C=O) groups excluding carboxylic acids is 1. The number of aliphatic hydroxyl groups is 1. The fourth-order valence-corrected chi connectivity index (χ4v) is 1.98. The summed E-state index contributed by atoms with van der Waals surface area (Å²) < 4.78 is 0. The summed E-state index contributed by atoms with van der Waals surface area (Å²) in [5.74, 6) is 0.323.